The van der Waals surface area contributed by atoms with Gasteiger partial charge < -0.3 is 4.90 Å². The van der Waals surface area contributed by atoms with Crippen LogP contribution in [-0.4, -0.2) is 36.7 Å². The minimum Gasteiger partial charge on any atom is -0.325 e. The molecular weight excluding hydrogens is 154 g/mol. The molecule has 1 aliphatic heterocycles. The maximum Gasteiger partial charge on any atom is 0.245 e. The van der Waals surface area contributed by atoms with Crippen molar-refractivity contribution in [1.82, 2.24) is 4.90 Å². The number of hydrogen-bond donors (Lipinski definition) is 0. The fraction of sp³-hybridized carbons (Fsp3) is 0.625. The molecule has 0 aromatic carbocycles. The van der Waals surface area contributed by atoms with Crippen LogP contribution in [0.15, 0.2) is 4.99 Å². The summed E-state index contributed by atoms with van der Waals surface area (Å²) in [5.74, 6) is -0.0888. The van der Waals surface area contributed by atoms with E-state index in [1.165, 1.54) is 0 Å². The molecule has 0 radical (unpaired) electrons. The molecule has 0 saturated carbocycles. The lowest BCUT2D eigenvalue weighted by molar-refractivity contribution is -0.129. The van der Waals surface area contributed by atoms with E-state index in [9.17, 15) is 4.79 Å². The summed E-state index contributed by atoms with van der Waals surface area (Å²) in [4.78, 5) is 16.3. The van der Waals surface area contributed by atoms with Gasteiger partial charge in [0, 0.05) is 6.54 Å². The molecule has 0 N–H and O–H groups in total. The lowest BCUT2D eigenvalue weighted by atomic mass is 10.2. The van der Waals surface area contributed by atoms with Crippen LogP contribution in [0.5, 0.6) is 0 Å². The molecule has 1 atom stereocenters. The monoisotopic (exact) mass is 165 g/mol. The second-order valence-corrected chi connectivity index (χ2v) is 2.76. The van der Waals surface area contributed by atoms with Crippen molar-refractivity contribution in [2.45, 2.75) is 18.9 Å². The van der Waals surface area contributed by atoms with Gasteiger partial charge in [-0.25, -0.2) is 0 Å². The Kier molecular flexibility index (Phi) is 2.81. The number of carbonyl (C=O) groups is 1. The summed E-state index contributed by atoms with van der Waals surface area (Å²) in [6.45, 7) is 4.03. The van der Waals surface area contributed by atoms with Crippen molar-refractivity contribution in [3.8, 4) is 6.07 Å². The van der Waals surface area contributed by atoms with E-state index in [1.807, 2.05) is 0 Å². The molecule has 12 heavy (non-hydrogen) atoms. The molecule has 4 nitrogen and oxygen atoms in total. The number of nitrogens with zero attached hydrogens (tertiary/aromatic N) is 3. The van der Waals surface area contributed by atoms with Crippen molar-refractivity contribution in [3.63, 3.8) is 0 Å². The summed E-state index contributed by atoms with van der Waals surface area (Å²) >= 11 is 0. The molecule has 1 rings (SSSR count). The normalized spacial score (nSPS) is 21.9. The summed E-state index contributed by atoms with van der Waals surface area (Å²) in [6.07, 6.45) is 1.71. The number of amides is 1. The van der Waals surface area contributed by atoms with Crippen LogP contribution in [-0.2, 0) is 4.79 Å². The lowest BCUT2D eigenvalue weighted by Gasteiger charge is -2.17. The number of likely N-dealkylation sites (tertiary alicyclic amines) is 1. The highest BCUT2D eigenvalue weighted by atomic mass is 16.2. The van der Waals surface area contributed by atoms with Crippen LogP contribution in [0.2, 0.25) is 0 Å². The van der Waals surface area contributed by atoms with E-state index in [0.717, 1.165) is 12.8 Å². The number of hydrogen-bond acceptors (Lipinski definition) is 3. The van der Waals surface area contributed by atoms with Crippen LogP contribution in [0.3, 0.4) is 0 Å². The third-order valence-electron chi connectivity index (χ3n) is 1.97. The van der Waals surface area contributed by atoms with E-state index in [1.54, 1.807) is 4.90 Å². The summed E-state index contributed by atoms with van der Waals surface area (Å²) in [7, 11) is 0. The first-order valence-electron chi connectivity index (χ1n) is 3.91. The number of aliphatic imine (C=N–C) groups is 1. The third kappa shape index (κ3) is 1.62. The summed E-state index contributed by atoms with van der Waals surface area (Å²) in [6, 6.07) is 1.86. The van der Waals surface area contributed by atoms with Gasteiger partial charge >= 0.3 is 0 Å². The van der Waals surface area contributed by atoms with Gasteiger partial charge in [-0.05, 0) is 19.6 Å². The molecule has 64 valence electrons. The Morgan fingerprint density at radius 1 is 1.83 bits per heavy atom. The highest BCUT2D eigenvalue weighted by Crippen LogP contribution is 2.16. The predicted octanol–water partition coefficient (Wildman–Crippen LogP) is 0.202. The molecule has 0 spiro atoms. The minimum absolute atomic E-state index is 0.0888. The van der Waals surface area contributed by atoms with Crippen molar-refractivity contribution in [1.29, 1.82) is 5.26 Å². The summed E-state index contributed by atoms with van der Waals surface area (Å²) in [5.41, 5.74) is 0. The molecule has 1 amide bonds. The van der Waals surface area contributed by atoms with E-state index in [2.05, 4.69) is 17.8 Å². The van der Waals surface area contributed by atoms with E-state index in [-0.39, 0.29) is 18.5 Å². The quantitative estimate of drug-likeness (QED) is 0.549. The SMILES string of the molecule is C=NCC(=O)N1CCC[C@H]1C#N. The van der Waals surface area contributed by atoms with Crippen LogP contribution in [0, 0.1) is 11.3 Å². The minimum atomic E-state index is -0.237. The average molecular weight is 165 g/mol. The van der Waals surface area contributed by atoms with Crippen LogP contribution in [0.1, 0.15) is 12.8 Å². The third-order valence-corrected chi connectivity index (χ3v) is 1.97. The molecule has 1 heterocycles. The van der Waals surface area contributed by atoms with Crippen molar-refractivity contribution < 1.29 is 4.79 Å². The highest BCUT2D eigenvalue weighted by Gasteiger charge is 2.27. The smallest absolute Gasteiger partial charge is 0.245 e. The topological polar surface area (TPSA) is 56.5 Å². The fourth-order valence-electron chi connectivity index (χ4n) is 1.39. The van der Waals surface area contributed by atoms with Crippen LogP contribution in [0.4, 0.5) is 0 Å². The van der Waals surface area contributed by atoms with Gasteiger partial charge in [-0.3, -0.25) is 9.79 Å². The largest absolute Gasteiger partial charge is 0.325 e. The first-order valence-corrected chi connectivity index (χ1v) is 3.91. The molecule has 0 bridgehead atoms. The van der Waals surface area contributed by atoms with Crippen molar-refractivity contribution in [2.24, 2.45) is 4.99 Å². The Morgan fingerprint density at radius 3 is 3.17 bits per heavy atom. The van der Waals surface area contributed by atoms with Crippen molar-refractivity contribution in [2.75, 3.05) is 13.1 Å². The van der Waals surface area contributed by atoms with Gasteiger partial charge in [0.15, 0.2) is 0 Å². The van der Waals surface area contributed by atoms with E-state index < -0.39 is 0 Å². The summed E-state index contributed by atoms with van der Waals surface area (Å²) in [5, 5.41) is 8.66. The maximum absolute atomic E-state index is 11.3. The molecule has 0 aromatic rings. The molecular formula is C8H11N3O. The van der Waals surface area contributed by atoms with Gasteiger partial charge in [0.05, 0.1) is 6.07 Å². The van der Waals surface area contributed by atoms with Crippen LogP contribution < -0.4 is 0 Å². The number of rotatable bonds is 2. The Morgan fingerprint density at radius 2 is 2.58 bits per heavy atom. The Bertz CT molecular complexity index is 231. The number of carbonyl (C=O) groups excluding carboxylic acids is 1. The Balaban J connectivity index is 2.56. The van der Waals surface area contributed by atoms with Crippen LogP contribution >= 0.6 is 0 Å². The molecule has 1 saturated heterocycles. The van der Waals surface area contributed by atoms with Crippen molar-refractivity contribution >= 4 is 12.6 Å². The molecule has 1 fully saturated rings. The highest BCUT2D eigenvalue weighted by molar-refractivity contribution is 5.79. The van der Waals surface area contributed by atoms with Gasteiger partial charge in [0.2, 0.25) is 5.91 Å². The lowest BCUT2D eigenvalue weighted by Crippen LogP contribution is -2.36. The second-order valence-electron chi connectivity index (χ2n) is 2.76. The molecule has 1 aliphatic rings. The Labute approximate surface area is 71.5 Å². The van der Waals surface area contributed by atoms with E-state index in [0.29, 0.717) is 6.54 Å². The van der Waals surface area contributed by atoms with Gasteiger partial charge in [-0.15, -0.1) is 0 Å². The molecule has 0 unspecified atom stereocenters. The predicted molar refractivity (Wildman–Crippen MR) is 44.8 cm³/mol. The standard InChI is InChI=1S/C8H11N3O/c1-10-6-8(12)11-4-2-3-7(11)5-9/h7H,1-4,6H2/t7-/m0/s1. The second kappa shape index (κ2) is 3.86. The van der Waals surface area contributed by atoms with E-state index in [4.69, 9.17) is 5.26 Å². The molecule has 0 aromatic heterocycles. The first-order chi connectivity index (χ1) is 5.79. The summed E-state index contributed by atoms with van der Waals surface area (Å²) < 4.78 is 0. The zero-order valence-corrected chi connectivity index (χ0v) is 6.86. The van der Waals surface area contributed by atoms with Gasteiger partial charge in [0.25, 0.3) is 0 Å². The zero-order chi connectivity index (χ0) is 8.97. The van der Waals surface area contributed by atoms with Crippen LogP contribution in [0.25, 0.3) is 0 Å². The molecule has 4 heteroatoms. The van der Waals surface area contributed by atoms with E-state index >= 15 is 0 Å². The fourth-order valence-corrected chi connectivity index (χ4v) is 1.39. The zero-order valence-electron chi connectivity index (χ0n) is 6.86. The van der Waals surface area contributed by atoms with Gasteiger partial charge in [-0.2, -0.15) is 5.26 Å². The average Bonchev–Trinajstić information content (AvgIpc) is 2.51. The Hall–Kier alpha value is -1.37. The van der Waals surface area contributed by atoms with Gasteiger partial charge in [-0.1, -0.05) is 0 Å². The van der Waals surface area contributed by atoms with Gasteiger partial charge in [0.1, 0.15) is 12.6 Å². The maximum atomic E-state index is 11.3. The van der Waals surface area contributed by atoms with Crippen molar-refractivity contribution in [3.05, 3.63) is 0 Å². The first kappa shape index (κ1) is 8.72. The number of nitriles is 1. The molecule has 0 aliphatic carbocycles.